The molecule has 1 aromatic heterocycles. The first-order chi connectivity index (χ1) is 14.8. The molecular formula is C25H22N2O3. The molecule has 30 heavy (non-hydrogen) atoms. The van der Waals surface area contributed by atoms with Crippen LogP contribution in [-0.2, 0) is 4.74 Å². The summed E-state index contributed by atoms with van der Waals surface area (Å²) < 4.78 is 11.5. The Balaban J connectivity index is 1.53. The summed E-state index contributed by atoms with van der Waals surface area (Å²) in [4.78, 5) is 17.3. The maximum atomic E-state index is 12.9. The second-order valence-corrected chi connectivity index (χ2v) is 6.79. The summed E-state index contributed by atoms with van der Waals surface area (Å²) in [7, 11) is 1.63. The number of oxazole rings is 1. The number of hydrogen-bond donors (Lipinski definition) is 1. The third-order valence-corrected chi connectivity index (χ3v) is 4.87. The van der Waals surface area contributed by atoms with E-state index in [4.69, 9.17) is 9.15 Å². The summed E-state index contributed by atoms with van der Waals surface area (Å²) in [5.74, 6) is 0.860. The minimum atomic E-state index is -0.228. The summed E-state index contributed by atoms with van der Waals surface area (Å²) in [6.07, 6.45) is 1.45. The second-order valence-electron chi connectivity index (χ2n) is 6.79. The zero-order valence-electron chi connectivity index (χ0n) is 16.6. The number of rotatable bonds is 7. The van der Waals surface area contributed by atoms with Crippen LogP contribution in [0.25, 0.3) is 22.8 Å². The van der Waals surface area contributed by atoms with Crippen molar-refractivity contribution in [1.29, 1.82) is 0 Å². The molecule has 0 aliphatic rings. The highest BCUT2D eigenvalue weighted by molar-refractivity contribution is 6.00. The standard InChI is InChI=1S/C25H22N2O3/c1-29-22(18-10-4-2-5-11-18)16-26-24(28)20-14-8-9-15-21(20)25-27-17-23(30-25)19-12-6-3-7-13-19/h2-15,17,22H,16H2,1H3,(H,26,28)/t22-/m0/s1. The number of carbonyl (C=O) groups is 1. The third-order valence-electron chi connectivity index (χ3n) is 4.87. The van der Waals surface area contributed by atoms with Crippen LogP contribution in [0, 0.1) is 0 Å². The molecule has 1 N–H and O–H groups in total. The lowest BCUT2D eigenvalue weighted by Crippen LogP contribution is -2.29. The molecule has 0 aliphatic carbocycles. The van der Waals surface area contributed by atoms with Gasteiger partial charge in [0.25, 0.3) is 5.91 Å². The van der Waals surface area contributed by atoms with Crippen LogP contribution >= 0.6 is 0 Å². The summed E-state index contributed by atoms with van der Waals surface area (Å²) in [5.41, 5.74) is 3.09. The molecular weight excluding hydrogens is 376 g/mol. The number of hydrogen-bond acceptors (Lipinski definition) is 4. The predicted octanol–water partition coefficient (Wildman–Crippen LogP) is 5.13. The zero-order chi connectivity index (χ0) is 20.8. The van der Waals surface area contributed by atoms with E-state index < -0.39 is 0 Å². The van der Waals surface area contributed by atoms with Crippen molar-refractivity contribution in [2.24, 2.45) is 0 Å². The van der Waals surface area contributed by atoms with Crippen molar-refractivity contribution in [2.75, 3.05) is 13.7 Å². The van der Waals surface area contributed by atoms with Gasteiger partial charge >= 0.3 is 0 Å². The van der Waals surface area contributed by atoms with E-state index in [9.17, 15) is 4.79 Å². The molecule has 4 rings (SSSR count). The molecule has 0 unspecified atom stereocenters. The number of nitrogens with zero attached hydrogens (tertiary/aromatic N) is 1. The first-order valence-corrected chi connectivity index (χ1v) is 9.73. The molecule has 0 saturated heterocycles. The van der Waals surface area contributed by atoms with Crippen LogP contribution < -0.4 is 5.32 Å². The maximum Gasteiger partial charge on any atom is 0.252 e. The fourth-order valence-electron chi connectivity index (χ4n) is 3.29. The van der Waals surface area contributed by atoms with E-state index >= 15 is 0 Å². The van der Waals surface area contributed by atoms with Crippen molar-refractivity contribution in [3.05, 3.63) is 102 Å². The Bertz CT molecular complexity index is 1110. The van der Waals surface area contributed by atoms with Crippen LogP contribution in [0.1, 0.15) is 22.0 Å². The van der Waals surface area contributed by atoms with E-state index in [-0.39, 0.29) is 12.0 Å². The van der Waals surface area contributed by atoms with Gasteiger partial charge in [-0.2, -0.15) is 0 Å². The highest BCUT2D eigenvalue weighted by Gasteiger charge is 2.18. The van der Waals surface area contributed by atoms with Crippen LogP contribution in [0.15, 0.2) is 95.5 Å². The highest BCUT2D eigenvalue weighted by atomic mass is 16.5. The van der Waals surface area contributed by atoms with Crippen LogP contribution in [0.2, 0.25) is 0 Å². The van der Waals surface area contributed by atoms with Crippen molar-refractivity contribution >= 4 is 5.91 Å². The SMILES string of the molecule is CO[C@@H](CNC(=O)c1ccccc1-c1ncc(-c2ccccc2)o1)c1ccccc1. The smallest absolute Gasteiger partial charge is 0.252 e. The van der Waals surface area contributed by atoms with Crippen LogP contribution in [0.4, 0.5) is 0 Å². The minimum absolute atomic E-state index is 0.206. The van der Waals surface area contributed by atoms with Gasteiger partial charge in [0.15, 0.2) is 5.76 Å². The fraction of sp³-hybridized carbons (Fsp3) is 0.120. The average molecular weight is 398 g/mol. The predicted molar refractivity (Wildman–Crippen MR) is 116 cm³/mol. The van der Waals surface area contributed by atoms with Gasteiger partial charge in [-0.3, -0.25) is 4.79 Å². The number of carbonyl (C=O) groups excluding carboxylic acids is 1. The average Bonchev–Trinajstić information content (AvgIpc) is 3.31. The molecule has 5 nitrogen and oxygen atoms in total. The molecule has 0 bridgehead atoms. The van der Waals surface area contributed by atoms with Crippen molar-refractivity contribution in [2.45, 2.75) is 6.10 Å². The number of nitrogens with one attached hydrogen (secondary N) is 1. The number of benzene rings is 3. The molecule has 0 aliphatic heterocycles. The summed E-state index contributed by atoms with van der Waals surface area (Å²) in [6.45, 7) is 0.356. The highest BCUT2D eigenvalue weighted by Crippen LogP contribution is 2.28. The molecule has 5 heteroatoms. The van der Waals surface area contributed by atoms with Gasteiger partial charge in [0.1, 0.15) is 0 Å². The van der Waals surface area contributed by atoms with Gasteiger partial charge in [-0.1, -0.05) is 72.8 Å². The van der Waals surface area contributed by atoms with Gasteiger partial charge in [-0.25, -0.2) is 4.98 Å². The van der Waals surface area contributed by atoms with E-state index in [1.807, 2.05) is 78.9 Å². The van der Waals surface area contributed by atoms with Gasteiger partial charge in [0, 0.05) is 24.8 Å². The molecule has 150 valence electrons. The lowest BCUT2D eigenvalue weighted by Gasteiger charge is -2.17. The number of aromatic nitrogens is 1. The third kappa shape index (κ3) is 4.31. The van der Waals surface area contributed by atoms with Crippen LogP contribution in [-0.4, -0.2) is 24.5 Å². The Labute approximate surface area is 175 Å². The number of amides is 1. The van der Waals surface area contributed by atoms with Crippen molar-refractivity contribution in [3.63, 3.8) is 0 Å². The number of methoxy groups -OCH3 is 1. The van der Waals surface area contributed by atoms with E-state index in [2.05, 4.69) is 10.3 Å². The lowest BCUT2D eigenvalue weighted by molar-refractivity contribution is 0.0828. The monoisotopic (exact) mass is 398 g/mol. The Kier molecular flexibility index (Phi) is 6.01. The summed E-state index contributed by atoms with van der Waals surface area (Å²) in [5, 5.41) is 2.96. The van der Waals surface area contributed by atoms with Crippen LogP contribution in [0.3, 0.4) is 0 Å². The Morgan fingerprint density at radius 1 is 0.967 bits per heavy atom. The Morgan fingerprint density at radius 2 is 1.63 bits per heavy atom. The first-order valence-electron chi connectivity index (χ1n) is 9.73. The van der Waals surface area contributed by atoms with Crippen LogP contribution in [0.5, 0.6) is 0 Å². The molecule has 0 radical (unpaired) electrons. The minimum Gasteiger partial charge on any atom is -0.436 e. The van der Waals surface area contributed by atoms with Gasteiger partial charge in [0.05, 0.1) is 17.9 Å². The van der Waals surface area contributed by atoms with Crippen molar-refractivity contribution in [3.8, 4) is 22.8 Å². The van der Waals surface area contributed by atoms with Gasteiger partial charge in [-0.15, -0.1) is 0 Å². The first kappa shape index (κ1) is 19.6. The lowest BCUT2D eigenvalue weighted by atomic mass is 10.1. The number of ether oxygens (including phenoxy) is 1. The molecule has 1 heterocycles. The second kappa shape index (κ2) is 9.20. The Morgan fingerprint density at radius 3 is 2.37 bits per heavy atom. The molecule has 0 saturated carbocycles. The maximum absolute atomic E-state index is 12.9. The van der Waals surface area contributed by atoms with Crippen molar-refractivity contribution in [1.82, 2.24) is 10.3 Å². The van der Waals surface area contributed by atoms with Crippen molar-refractivity contribution < 1.29 is 13.9 Å². The largest absolute Gasteiger partial charge is 0.436 e. The normalized spacial score (nSPS) is 11.8. The molecule has 1 amide bonds. The molecule has 3 aromatic carbocycles. The zero-order valence-corrected chi connectivity index (χ0v) is 16.6. The fourth-order valence-corrected chi connectivity index (χ4v) is 3.29. The van der Waals surface area contributed by atoms with Gasteiger partial charge in [0.2, 0.25) is 5.89 Å². The van der Waals surface area contributed by atoms with Gasteiger partial charge in [-0.05, 0) is 17.7 Å². The summed E-state index contributed by atoms with van der Waals surface area (Å²) in [6, 6.07) is 26.8. The van der Waals surface area contributed by atoms with E-state index in [1.54, 1.807) is 19.4 Å². The molecule has 0 spiro atoms. The molecule has 0 fully saturated rings. The Hall–Kier alpha value is -3.70. The molecule has 1 atom stereocenters. The van der Waals surface area contributed by atoms with E-state index in [1.165, 1.54) is 0 Å². The molecule has 4 aromatic rings. The quantitative estimate of drug-likeness (QED) is 0.469. The topological polar surface area (TPSA) is 64.4 Å². The van der Waals surface area contributed by atoms with E-state index in [0.717, 1.165) is 11.1 Å². The van der Waals surface area contributed by atoms with E-state index in [0.29, 0.717) is 29.3 Å². The summed E-state index contributed by atoms with van der Waals surface area (Å²) >= 11 is 0. The van der Waals surface area contributed by atoms with Gasteiger partial charge < -0.3 is 14.5 Å².